The van der Waals surface area contributed by atoms with Gasteiger partial charge < -0.3 is 10.1 Å². The van der Waals surface area contributed by atoms with E-state index in [2.05, 4.69) is 24.1 Å². The van der Waals surface area contributed by atoms with Crippen LogP contribution in [0.1, 0.15) is 58.8 Å². The lowest BCUT2D eigenvalue weighted by molar-refractivity contribution is 0.0622. The number of nitrogens with one attached hydrogen (secondary N) is 1. The Morgan fingerprint density at radius 2 is 2.15 bits per heavy atom. The van der Waals surface area contributed by atoms with E-state index in [-0.39, 0.29) is 0 Å². The summed E-state index contributed by atoms with van der Waals surface area (Å²) in [5.41, 5.74) is 0.374. The Bertz CT molecular complexity index is 262. The highest BCUT2D eigenvalue weighted by Gasteiger charge is 2.38. The molecule has 2 heterocycles. The van der Waals surface area contributed by atoms with Crippen LogP contribution < -0.4 is 5.32 Å². The predicted molar refractivity (Wildman–Crippen MR) is 85.1 cm³/mol. The lowest BCUT2D eigenvalue weighted by Gasteiger charge is -2.41. The minimum atomic E-state index is 0.374. The Morgan fingerprint density at radius 1 is 1.25 bits per heavy atom. The summed E-state index contributed by atoms with van der Waals surface area (Å²) in [7, 11) is 0. The molecule has 118 valence electrons. The van der Waals surface area contributed by atoms with Gasteiger partial charge in [-0.15, -0.1) is 0 Å². The van der Waals surface area contributed by atoms with Gasteiger partial charge in [0.15, 0.2) is 0 Å². The van der Waals surface area contributed by atoms with Crippen molar-refractivity contribution >= 4 is 0 Å². The maximum atomic E-state index is 5.76. The van der Waals surface area contributed by atoms with E-state index in [0.717, 1.165) is 32.3 Å². The van der Waals surface area contributed by atoms with Crippen molar-refractivity contribution in [2.24, 2.45) is 5.41 Å². The number of hydrogen-bond acceptors (Lipinski definition) is 3. The molecule has 0 amide bonds. The fraction of sp³-hybridized carbons (Fsp3) is 1.00. The van der Waals surface area contributed by atoms with Crippen LogP contribution in [0.4, 0.5) is 0 Å². The van der Waals surface area contributed by atoms with E-state index >= 15 is 0 Å². The maximum absolute atomic E-state index is 5.76. The summed E-state index contributed by atoms with van der Waals surface area (Å²) in [6, 6.07) is 0.831. The minimum absolute atomic E-state index is 0.374. The fourth-order valence-electron chi connectivity index (χ4n) is 3.86. The molecule has 1 N–H and O–H groups in total. The first-order chi connectivity index (χ1) is 9.79. The first kappa shape index (κ1) is 16.3. The first-order valence-electron chi connectivity index (χ1n) is 8.82. The third-order valence-electron chi connectivity index (χ3n) is 5.02. The molecule has 3 nitrogen and oxygen atoms in total. The minimum Gasteiger partial charge on any atom is -0.381 e. The molecule has 0 spiro atoms. The van der Waals surface area contributed by atoms with Gasteiger partial charge in [0, 0.05) is 31.2 Å². The first-order valence-corrected chi connectivity index (χ1v) is 8.82. The molecule has 2 rings (SSSR count). The highest BCUT2D eigenvalue weighted by molar-refractivity contribution is 4.91. The van der Waals surface area contributed by atoms with Gasteiger partial charge in [-0.2, -0.15) is 0 Å². The van der Waals surface area contributed by atoms with Gasteiger partial charge in [0.25, 0.3) is 0 Å². The maximum Gasteiger partial charge on any atom is 0.0547 e. The van der Waals surface area contributed by atoms with E-state index in [4.69, 9.17) is 4.74 Å². The van der Waals surface area contributed by atoms with Gasteiger partial charge in [0.2, 0.25) is 0 Å². The summed E-state index contributed by atoms with van der Waals surface area (Å²) in [5.74, 6) is 0. The molecule has 2 unspecified atom stereocenters. The standard InChI is InChI=1S/C17H34N2O/c1-3-7-16-8-5-6-11-19(16)14-17(9-12-20-15-17)13-18-10-4-2/h16,18H,3-15H2,1-2H3. The molecule has 20 heavy (non-hydrogen) atoms. The van der Waals surface area contributed by atoms with E-state index in [1.54, 1.807) is 0 Å². The molecule has 2 fully saturated rings. The zero-order chi connectivity index (χ0) is 14.3. The van der Waals surface area contributed by atoms with Gasteiger partial charge in [-0.25, -0.2) is 0 Å². The molecule has 2 aliphatic heterocycles. The Labute approximate surface area is 125 Å². The SMILES string of the molecule is CCCNCC1(CN2CCCCC2CCC)CCOC1. The van der Waals surface area contributed by atoms with Gasteiger partial charge >= 0.3 is 0 Å². The number of nitrogens with zero attached hydrogens (tertiary/aromatic N) is 1. The van der Waals surface area contributed by atoms with Crippen molar-refractivity contribution in [3.8, 4) is 0 Å². The Balaban J connectivity index is 1.91. The van der Waals surface area contributed by atoms with Crippen molar-refractivity contribution in [3.63, 3.8) is 0 Å². The summed E-state index contributed by atoms with van der Waals surface area (Å²) < 4.78 is 5.76. The van der Waals surface area contributed by atoms with Gasteiger partial charge in [-0.1, -0.05) is 26.7 Å². The van der Waals surface area contributed by atoms with Crippen molar-refractivity contribution in [1.29, 1.82) is 0 Å². The van der Waals surface area contributed by atoms with E-state index in [0.29, 0.717) is 5.41 Å². The van der Waals surface area contributed by atoms with Crippen LogP contribution in [0.3, 0.4) is 0 Å². The highest BCUT2D eigenvalue weighted by atomic mass is 16.5. The number of likely N-dealkylation sites (tertiary alicyclic amines) is 1. The number of ether oxygens (including phenoxy) is 1. The summed E-state index contributed by atoms with van der Waals surface area (Å²) in [4.78, 5) is 2.79. The van der Waals surface area contributed by atoms with E-state index < -0.39 is 0 Å². The molecule has 0 radical (unpaired) electrons. The van der Waals surface area contributed by atoms with Crippen molar-refractivity contribution in [2.75, 3.05) is 39.4 Å². The van der Waals surface area contributed by atoms with Crippen LogP contribution in [0.2, 0.25) is 0 Å². The van der Waals surface area contributed by atoms with Crippen LogP contribution >= 0.6 is 0 Å². The van der Waals surface area contributed by atoms with Gasteiger partial charge in [0.1, 0.15) is 0 Å². The number of rotatable bonds is 8. The summed E-state index contributed by atoms with van der Waals surface area (Å²) in [6.07, 6.45) is 9.38. The molecule has 0 aromatic rings. The molecular weight excluding hydrogens is 248 g/mol. The molecule has 0 aliphatic carbocycles. The molecule has 3 heteroatoms. The van der Waals surface area contributed by atoms with Gasteiger partial charge in [0.05, 0.1) is 6.61 Å². The van der Waals surface area contributed by atoms with Crippen molar-refractivity contribution in [2.45, 2.75) is 64.8 Å². The molecule has 2 aliphatic rings. The molecule has 0 saturated carbocycles. The normalized spacial score (nSPS) is 31.8. The molecular formula is C17H34N2O. The smallest absolute Gasteiger partial charge is 0.0547 e. The third-order valence-corrected chi connectivity index (χ3v) is 5.02. The Kier molecular flexibility index (Phi) is 6.79. The van der Waals surface area contributed by atoms with E-state index in [1.807, 2.05) is 0 Å². The van der Waals surface area contributed by atoms with Crippen molar-refractivity contribution in [3.05, 3.63) is 0 Å². The summed E-state index contributed by atoms with van der Waals surface area (Å²) in [6.45, 7) is 11.3. The lowest BCUT2D eigenvalue weighted by atomic mass is 9.84. The summed E-state index contributed by atoms with van der Waals surface area (Å²) in [5, 5.41) is 3.65. The van der Waals surface area contributed by atoms with Gasteiger partial charge in [-0.05, 0) is 45.2 Å². The topological polar surface area (TPSA) is 24.5 Å². The van der Waals surface area contributed by atoms with Crippen LogP contribution in [-0.2, 0) is 4.74 Å². The Hall–Kier alpha value is -0.120. The average molecular weight is 282 g/mol. The Morgan fingerprint density at radius 3 is 2.85 bits per heavy atom. The second-order valence-corrected chi connectivity index (χ2v) is 6.89. The van der Waals surface area contributed by atoms with Crippen molar-refractivity contribution in [1.82, 2.24) is 10.2 Å². The zero-order valence-electron chi connectivity index (χ0n) is 13.6. The molecule has 2 saturated heterocycles. The second kappa shape index (κ2) is 8.35. The van der Waals surface area contributed by atoms with Gasteiger partial charge in [-0.3, -0.25) is 4.90 Å². The number of piperidine rings is 1. The second-order valence-electron chi connectivity index (χ2n) is 6.89. The monoisotopic (exact) mass is 282 g/mol. The fourth-order valence-corrected chi connectivity index (χ4v) is 3.86. The third kappa shape index (κ3) is 4.44. The largest absolute Gasteiger partial charge is 0.381 e. The summed E-state index contributed by atoms with van der Waals surface area (Å²) >= 11 is 0. The molecule has 0 aromatic heterocycles. The molecule has 0 bridgehead atoms. The van der Waals surface area contributed by atoms with Crippen LogP contribution in [0, 0.1) is 5.41 Å². The molecule has 0 aromatic carbocycles. The molecule has 2 atom stereocenters. The van der Waals surface area contributed by atoms with E-state index in [1.165, 1.54) is 58.0 Å². The van der Waals surface area contributed by atoms with Crippen molar-refractivity contribution < 1.29 is 4.74 Å². The van der Waals surface area contributed by atoms with Crippen LogP contribution in [0.25, 0.3) is 0 Å². The van der Waals surface area contributed by atoms with Crippen LogP contribution in [0.15, 0.2) is 0 Å². The van der Waals surface area contributed by atoms with E-state index in [9.17, 15) is 0 Å². The lowest BCUT2D eigenvalue weighted by Crippen LogP contribution is -2.50. The zero-order valence-corrected chi connectivity index (χ0v) is 13.6. The number of hydrogen-bond donors (Lipinski definition) is 1. The highest BCUT2D eigenvalue weighted by Crippen LogP contribution is 2.32. The average Bonchev–Trinajstić information content (AvgIpc) is 2.90. The van der Waals surface area contributed by atoms with Crippen LogP contribution in [-0.4, -0.2) is 50.3 Å². The predicted octanol–water partition coefficient (Wildman–Crippen LogP) is 3.05. The quantitative estimate of drug-likeness (QED) is 0.693. The van der Waals surface area contributed by atoms with Crippen LogP contribution in [0.5, 0.6) is 0 Å².